The Morgan fingerprint density at radius 2 is 2.00 bits per heavy atom. The molecule has 1 amide bonds. The second-order valence-electron chi connectivity index (χ2n) is 6.84. The molecule has 0 radical (unpaired) electrons. The van der Waals surface area contributed by atoms with Crippen molar-refractivity contribution in [1.29, 1.82) is 0 Å². The molecule has 0 saturated heterocycles. The number of fused-ring (bicyclic) bond motifs is 1. The number of methoxy groups -OCH3 is 1. The summed E-state index contributed by atoms with van der Waals surface area (Å²) >= 11 is 0. The van der Waals surface area contributed by atoms with Gasteiger partial charge in [-0.05, 0) is 37.0 Å². The van der Waals surface area contributed by atoms with Crippen LogP contribution >= 0.6 is 0 Å². The van der Waals surface area contributed by atoms with Crippen LogP contribution < -0.4 is 9.47 Å². The third kappa shape index (κ3) is 4.27. The van der Waals surface area contributed by atoms with Crippen molar-refractivity contribution >= 4 is 11.9 Å². The van der Waals surface area contributed by atoms with Crippen molar-refractivity contribution in [2.75, 3.05) is 27.1 Å². The van der Waals surface area contributed by atoms with E-state index in [1.54, 1.807) is 12.0 Å². The van der Waals surface area contributed by atoms with E-state index >= 15 is 0 Å². The zero-order chi connectivity index (χ0) is 18.5. The third-order valence-corrected chi connectivity index (χ3v) is 5.06. The zero-order valence-corrected chi connectivity index (χ0v) is 15.0. The van der Waals surface area contributed by atoms with Gasteiger partial charge >= 0.3 is 5.97 Å². The van der Waals surface area contributed by atoms with Crippen LogP contribution in [0.5, 0.6) is 11.5 Å². The highest BCUT2D eigenvalue weighted by molar-refractivity contribution is 5.80. The molecule has 1 saturated carbocycles. The third-order valence-electron chi connectivity index (χ3n) is 5.06. The lowest BCUT2D eigenvalue weighted by molar-refractivity contribution is -0.145. The molecule has 142 valence electrons. The number of carboxylic acid groups (broad SMARTS) is 1. The number of carboxylic acids is 1. The first-order valence-electron chi connectivity index (χ1n) is 8.97. The van der Waals surface area contributed by atoms with E-state index in [1.807, 2.05) is 18.2 Å². The van der Waals surface area contributed by atoms with Gasteiger partial charge < -0.3 is 24.2 Å². The van der Waals surface area contributed by atoms with Crippen molar-refractivity contribution in [3.63, 3.8) is 0 Å². The number of benzene rings is 1. The SMILES string of the molecule is COCCN(Cc1ccc2c(c1)OCO2)C(=O)C1CCCC(C(=O)O)C1. The minimum Gasteiger partial charge on any atom is -0.481 e. The normalized spacial score (nSPS) is 21.4. The molecule has 2 unspecified atom stereocenters. The van der Waals surface area contributed by atoms with E-state index in [0.717, 1.165) is 18.4 Å². The summed E-state index contributed by atoms with van der Waals surface area (Å²) in [5, 5.41) is 9.27. The van der Waals surface area contributed by atoms with Gasteiger partial charge in [0.15, 0.2) is 11.5 Å². The Morgan fingerprint density at radius 3 is 2.77 bits per heavy atom. The molecular weight excluding hydrogens is 338 g/mol. The number of carbonyl (C=O) groups is 2. The van der Waals surface area contributed by atoms with Crippen molar-refractivity contribution in [2.45, 2.75) is 32.2 Å². The number of ether oxygens (including phenoxy) is 3. The number of nitrogens with zero attached hydrogens (tertiary/aromatic N) is 1. The van der Waals surface area contributed by atoms with Gasteiger partial charge in [0.25, 0.3) is 0 Å². The second-order valence-corrected chi connectivity index (χ2v) is 6.84. The van der Waals surface area contributed by atoms with Crippen LogP contribution in [0.25, 0.3) is 0 Å². The molecule has 7 heteroatoms. The monoisotopic (exact) mass is 363 g/mol. The largest absolute Gasteiger partial charge is 0.481 e. The first-order chi connectivity index (χ1) is 12.6. The van der Waals surface area contributed by atoms with Crippen molar-refractivity contribution in [2.24, 2.45) is 11.8 Å². The Morgan fingerprint density at radius 1 is 1.23 bits per heavy atom. The molecular formula is C19H25NO6. The fraction of sp³-hybridized carbons (Fsp3) is 0.579. The van der Waals surface area contributed by atoms with E-state index < -0.39 is 11.9 Å². The summed E-state index contributed by atoms with van der Waals surface area (Å²) in [6.07, 6.45) is 2.58. The summed E-state index contributed by atoms with van der Waals surface area (Å²) in [4.78, 5) is 26.1. The molecule has 1 fully saturated rings. The highest BCUT2D eigenvalue weighted by Crippen LogP contribution is 2.34. The van der Waals surface area contributed by atoms with Crippen LogP contribution in [0.15, 0.2) is 18.2 Å². The van der Waals surface area contributed by atoms with Gasteiger partial charge in [-0.1, -0.05) is 12.5 Å². The molecule has 1 N–H and O–H groups in total. The topological polar surface area (TPSA) is 85.3 Å². The number of aliphatic carboxylic acids is 1. The molecule has 2 aliphatic rings. The fourth-order valence-corrected chi connectivity index (χ4v) is 3.62. The first-order valence-corrected chi connectivity index (χ1v) is 8.97. The summed E-state index contributed by atoms with van der Waals surface area (Å²) in [5.74, 6) is -0.0686. The zero-order valence-electron chi connectivity index (χ0n) is 15.0. The van der Waals surface area contributed by atoms with Gasteiger partial charge in [-0.25, -0.2) is 0 Å². The number of amides is 1. The lowest BCUT2D eigenvalue weighted by Crippen LogP contribution is -2.40. The molecule has 1 heterocycles. The van der Waals surface area contributed by atoms with Gasteiger partial charge in [0.2, 0.25) is 12.7 Å². The van der Waals surface area contributed by atoms with Crippen LogP contribution in [0.4, 0.5) is 0 Å². The molecule has 0 aromatic heterocycles. The molecule has 1 aliphatic heterocycles. The van der Waals surface area contributed by atoms with Gasteiger partial charge in [-0.3, -0.25) is 9.59 Å². The molecule has 2 atom stereocenters. The molecule has 26 heavy (non-hydrogen) atoms. The van der Waals surface area contributed by atoms with Crippen LogP contribution in [-0.4, -0.2) is 48.9 Å². The van der Waals surface area contributed by atoms with E-state index in [2.05, 4.69) is 0 Å². The van der Waals surface area contributed by atoms with Crippen LogP contribution in [0, 0.1) is 11.8 Å². The average molecular weight is 363 g/mol. The Hall–Kier alpha value is -2.28. The average Bonchev–Trinajstić information content (AvgIpc) is 3.12. The van der Waals surface area contributed by atoms with Gasteiger partial charge in [0.1, 0.15) is 0 Å². The minimum absolute atomic E-state index is 0.00525. The summed E-state index contributed by atoms with van der Waals surface area (Å²) in [5.41, 5.74) is 0.948. The standard InChI is InChI=1S/C19H25NO6/c1-24-8-7-20(11-13-5-6-16-17(9-13)26-12-25-16)18(21)14-3-2-4-15(10-14)19(22)23/h5-6,9,14-15H,2-4,7-8,10-12H2,1H3,(H,22,23). The Balaban J connectivity index is 1.70. The van der Waals surface area contributed by atoms with Crippen molar-refractivity contribution in [3.8, 4) is 11.5 Å². The lowest BCUT2D eigenvalue weighted by atomic mass is 9.80. The quantitative estimate of drug-likeness (QED) is 0.800. The maximum Gasteiger partial charge on any atom is 0.306 e. The fourth-order valence-electron chi connectivity index (χ4n) is 3.62. The summed E-state index contributed by atoms with van der Waals surface area (Å²) in [7, 11) is 1.60. The van der Waals surface area contributed by atoms with E-state index in [0.29, 0.717) is 44.0 Å². The van der Waals surface area contributed by atoms with Gasteiger partial charge in [0.05, 0.1) is 12.5 Å². The molecule has 7 nitrogen and oxygen atoms in total. The molecule has 3 rings (SSSR count). The van der Waals surface area contributed by atoms with Gasteiger partial charge in [-0.15, -0.1) is 0 Å². The number of hydrogen-bond donors (Lipinski definition) is 1. The first kappa shape index (κ1) is 18.5. The van der Waals surface area contributed by atoms with Gasteiger partial charge in [0, 0.05) is 26.1 Å². The summed E-state index contributed by atoms with van der Waals surface area (Å²) in [6, 6.07) is 5.65. The van der Waals surface area contributed by atoms with E-state index in [1.165, 1.54) is 0 Å². The van der Waals surface area contributed by atoms with Crippen molar-refractivity contribution in [1.82, 2.24) is 4.90 Å². The lowest BCUT2D eigenvalue weighted by Gasteiger charge is -2.31. The molecule has 0 spiro atoms. The number of rotatable bonds is 7. The molecule has 1 aromatic carbocycles. The second kappa shape index (κ2) is 8.40. The van der Waals surface area contributed by atoms with Gasteiger partial charge in [-0.2, -0.15) is 0 Å². The smallest absolute Gasteiger partial charge is 0.306 e. The Kier molecular flexibility index (Phi) is 5.98. The van der Waals surface area contributed by atoms with Crippen LogP contribution in [0.1, 0.15) is 31.2 Å². The van der Waals surface area contributed by atoms with Crippen molar-refractivity contribution < 1.29 is 28.9 Å². The number of hydrogen-bond acceptors (Lipinski definition) is 5. The van der Waals surface area contributed by atoms with E-state index in [4.69, 9.17) is 14.2 Å². The predicted molar refractivity (Wildman–Crippen MR) is 92.9 cm³/mol. The maximum atomic E-state index is 13.0. The molecule has 1 aromatic rings. The van der Waals surface area contributed by atoms with Crippen LogP contribution in [-0.2, 0) is 20.9 Å². The molecule has 0 bridgehead atoms. The maximum absolute atomic E-state index is 13.0. The molecule has 1 aliphatic carbocycles. The predicted octanol–water partition coefficient (Wildman–Crippen LogP) is 2.28. The summed E-state index contributed by atoms with van der Waals surface area (Å²) < 4.78 is 15.9. The minimum atomic E-state index is -0.804. The number of carbonyl (C=O) groups excluding carboxylic acids is 1. The van der Waals surface area contributed by atoms with Crippen molar-refractivity contribution in [3.05, 3.63) is 23.8 Å². The van der Waals surface area contributed by atoms with E-state index in [9.17, 15) is 14.7 Å². The Bertz CT molecular complexity index is 661. The van der Waals surface area contributed by atoms with Crippen LogP contribution in [0.3, 0.4) is 0 Å². The van der Waals surface area contributed by atoms with E-state index in [-0.39, 0.29) is 18.6 Å². The summed E-state index contributed by atoms with van der Waals surface area (Å²) in [6.45, 7) is 1.56. The Labute approximate surface area is 152 Å². The highest BCUT2D eigenvalue weighted by Gasteiger charge is 2.33. The highest BCUT2D eigenvalue weighted by atomic mass is 16.7. The van der Waals surface area contributed by atoms with Crippen LogP contribution in [0.2, 0.25) is 0 Å².